The van der Waals surface area contributed by atoms with E-state index in [1.54, 1.807) is 32.0 Å². The van der Waals surface area contributed by atoms with E-state index in [2.05, 4.69) is 5.32 Å². The highest BCUT2D eigenvalue weighted by atomic mass is 32.2. The number of halogens is 1. The summed E-state index contributed by atoms with van der Waals surface area (Å²) in [5.41, 5.74) is 2.27. The van der Waals surface area contributed by atoms with Gasteiger partial charge in [0.2, 0.25) is 10.0 Å². The molecule has 1 aliphatic carbocycles. The number of carbonyl (C=O) groups is 1. The van der Waals surface area contributed by atoms with Crippen molar-refractivity contribution >= 4 is 21.6 Å². The summed E-state index contributed by atoms with van der Waals surface area (Å²) < 4.78 is 37.5. The average Bonchev–Trinajstić information content (AvgIpc) is 3.33. The van der Waals surface area contributed by atoms with Crippen LogP contribution in [0.2, 0.25) is 0 Å². The Labute approximate surface area is 146 Å². The van der Waals surface area contributed by atoms with Gasteiger partial charge in [-0.2, -0.15) is 0 Å². The van der Waals surface area contributed by atoms with E-state index in [4.69, 9.17) is 5.14 Å². The molecule has 0 bridgehead atoms. The Balaban J connectivity index is 1.89. The summed E-state index contributed by atoms with van der Waals surface area (Å²) in [4.78, 5) is 12.3. The second-order valence-electron chi connectivity index (χ2n) is 6.43. The average molecular weight is 362 g/mol. The summed E-state index contributed by atoms with van der Waals surface area (Å²) in [5.74, 6) is -0.584. The summed E-state index contributed by atoms with van der Waals surface area (Å²) >= 11 is 0. The number of amides is 1. The minimum atomic E-state index is -3.94. The van der Waals surface area contributed by atoms with E-state index in [0.717, 1.165) is 12.8 Å². The number of anilines is 1. The van der Waals surface area contributed by atoms with E-state index in [1.807, 2.05) is 0 Å². The van der Waals surface area contributed by atoms with Crippen LogP contribution in [-0.2, 0) is 10.0 Å². The zero-order chi connectivity index (χ0) is 18.4. The molecule has 3 rings (SSSR count). The lowest BCUT2D eigenvalue weighted by molar-refractivity contribution is 0.102. The van der Waals surface area contributed by atoms with E-state index in [0.29, 0.717) is 22.4 Å². The van der Waals surface area contributed by atoms with Gasteiger partial charge in [-0.25, -0.2) is 17.9 Å². The van der Waals surface area contributed by atoms with Gasteiger partial charge in [0.1, 0.15) is 5.82 Å². The van der Waals surface area contributed by atoms with Crippen molar-refractivity contribution in [2.75, 3.05) is 5.32 Å². The Morgan fingerprint density at radius 2 is 1.88 bits per heavy atom. The van der Waals surface area contributed by atoms with Gasteiger partial charge in [0.05, 0.1) is 4.90 Å². The lowest BCUT2D eigenvalue weighted by atomic mass is 10.1. The minimum absolute atomic E-state index is 0.0899. The van der Waals surface area contributed by atoms with Crippen molar-refractivity contribution in [3.63, 3.8) is 0 Å². The lowest BCUT2D eigenvalue weighted by Crippen LogP contribution is -2.18. The van der Waals surface area contributed by atoms with Gasteiger partial charge in [-0.15, -0.1) is 0 Å². The Morgan fingerprint density at radius 1 is 1.20 bits per heavy atom. The van der Waals surface area contributed by atoms with E-state index in [9.17, 15) is 17.6 Å². The minimum Gasteiger partial charge on any atom is -0.322 e. The van der Waals surface area contributed by atoms with Crippen LogP contribution in [-0.4, -0.2) is 14.3 Å². The van der Waals surface area contributed by atoms with Crippen molar-refractivity contribution in [1.82, 2.24) is 0 Å². The van der Waals surface area contributed by atoms with Crippen LogP contribution in [0.25, 0.3) is 0 Å². The molecule has 0 radical (unpaired) electrons. The summed E-state index contributed by atoms with van der Waals surface area (Å²) in [6, 6.07) is 7.43. The molecule has 2 aromatic carbocycles. The summed E-state index contributed by atoms with van der Waals surface area (Å²) in [7, 11) is -3.94. The van der Waals surface area contributed by atoms with Crippen LogP contribution in [0, 0.1) is 19.7 Å². The molecule has 0 aromatic heterocycles. The predicted octanol–water partition coefficient (Wildman–Crippen LogP) is 3.22. The molecule has 5 nitrogen and oxygen atoms in total. The highest BCUT2D eigenvalue weighted by Crippen LogP contribution is 2.41. The van der Waals surface area contributed by atoms with Crippen LogP contribution in [0.1, 0.15) is 45.8 Å². The van der Waals surface area contributed by atoms with Gasteiger partial charge >= 0.3 is 0 Å². The number of hydrogen-bond donors (Lipinski definition) is 2. The van der Waals surface area contributed by atoms with Crippen molar-refractivity contribution in [3.05, 3.63) is 58.4 Å². The van der Waals surface area contributed by atoms with Gasteiger partial charge in [-0.05, 0) is 73.6 Å². The second kappa shape index (κ2) is 6.24. The number of nitrogens with two attached hydrogens (primary N) is 1. The lowest BCUT2D eigenvalue weighted by Gasteiger charge is -2.12. The number of aryl methyl sites for hydroxylation is 1. The molecule has 0 saturated heterocycles. The van der Waals surface area contributed by atoms with Crippen LogP contribution in [0.5, 0.6) is 0 Å². The van der Waals surface area contributed by atoms with E-state index in [-0.39, 0.29) is 22.2 Å². The third-order valence-electron chi connectivity index (χ3n) is 4.46. The van der Waals surface area contributed by atoms with Crippen LogP contribution < -0.4 is 10.5 Å². The van der Waals surface area contributed by atoms with Crippen LogP contribution in [0.4, 0.5) is 10.1 Å². The number of hydrogen-bond acceptors (Lipinski definition) is 3. The molecule has 132 valence electrons. The molecule has 0 spiro atoms. The fraction of sp³-hybridized carbons (Fsp3) is 0.278. The fourth-order valence-electron chi connectivity index (χ4n) is 2.79. The van der Waals surface area contributed by atoms with Gasteiger partial charge in [-0.3, -0.25) is 4.79 Å². The molecule has 1 saturated carbocycles. The Kier molecular flexibility index (Phi) is 4.38. The number of nitrogens with one attached hydrogen (secondary N) is 1. The van der Waals surface area contributed by atoms with Crippen molar-refractivity contribution in [3.8, 4) is 0 Å². The summed E-state index contributed by atoms with van der Waals surface area (Å²) in [5, 5.41) is 7.81. The molecule has 0 aliphatic heterocycles. The Bertz CT molecular complexity index is 967. The van der Waals surface area contributed by atoms with Gasteiger partial charge < -0.3 is 5.32 Å². The highest BCUT2D eigenvalue weighted by molar-refractivity contribution is 7.89. The topological polar surface area (TPSA) is 89.3 Å². The number of benzene rings is 2. The zero-order valence-electron chi connectivity index (χ0n) is 14.0. The molecule has 1 amide bonds. The number of carbonyl (C=O) groups excluding carboxylic acids is 1. The molecule has 1 fully saturated rings. The van der Waals surface area contributed by atoms with Crippen molar-refractivity contribution < 1.29 is 17.6 Å². The second-order valence-corrected chi connectivity index (χ2v) is 7.96. The van der Waals surface area contributed by atoms with E-state index >= 15 is 0 Å². The molecular weight excluding hydrogens is 343 g/mol. The third kappa shape index (κ3) is 3.72. The van der Waals surface area contributed by atoms with Gasteiger partial charge in [0.25, 0.3) is 5.91 Å². The van der Waals surface area contributed by atoms with Crippen LogP contribution in [0.3, 0.4) is 0 Å². The molecular formula is C18H19FN2O3S. The standard InChI is InChI=1S/C18H19FN2O3S/c1-10-7-13(8-17(11(10)2)25(20,23)24)18(22)21-14-5-6-15(12-3-4-12)16(19)9-14/h5-9,12H,3-4H2,1-2H3,(H,21,22)(H2,20,23,24). The first-order valence-electron chi connectivity index (χ1n) is 7.91. The largest absolute Gasteiger partial charge is 0.322 e. The summed E-state index contributed by atoms with van der Waals surface area (Å²) in [6.07, 6.45) is 1.98. The van der Waals surface area contributed by atoms with Crippen LogP contribution in [0.15, 0.2) is 35.2 Å². The fourth-order valence-corrected chi connectivity index (χ4v) is 3.67. The molecule has 1 aliphatic rings. The number of sulfonamides is 1. The van der Waals surface area contributed by atoms with E-state index in [1.165, 1.54) is 12.1 Å². The van der Waals surface area contributed by atoms with Crippen LogP contribution >= 0.6 is 0 Å². The molecule has 2 aromatic rings. The van der Waals surface area contributed by atoms with Crippen molar-refractivity contribution in [2.24, 2.45) is 5.14 Å². The molecule has 0 heterocycles. The maximum Gasteiger partial charge on any atom is 0.255 e. The van der Waals surface area contributed by atoms with Crippen molar-refractivity contribution in [1.29, 1.82) is 0 Å². The first-order valence-corrected chi connectivity index (χ1v) is 9.46. The highest BCUT2D eigenvalue weighted by Gasteiger charge is 2.26. The predicted molar refractivity (Wildman–Crippen MR) is 93.6 cm³/mol. The SMILES string of the molecule is Cc1cc(C(=O)Nc2ccc(C3CC3)c(F)c2)cc(S(N)(=O)=O)c1C. The molecule has 7 heteroatoms. The third-order valence-corrected chi connectivity index (χ3v) is 5.50. The smallest absolute Gasteiger partial charge is 0.255 e. The number of primary sulfonamides is 1. The van der Waals surface area contributed by atoms with Gasteiger partial charge in [0.15, 0.2) is 0 Å². The molecule has 0 unspecified atom stereocenters. The zero-order valence-corrected chi connectivity index (χ0v) is 14.8. The molecule has 25 heavy (non-hydrogen) atoms. The Hall–Kier alpha value is -2.25. The first-order chi connectivity index (χ1) is 11.7. The maximum atomic E-state index is 14.1. The quantitative estimate of drug-likeness (QED) is 0.875. The van der Waals surface area contributed by atoms with Gasteiger partial charge in [0, 0.05) is 11.3 Å². The van der Waals surface area contributed by atoms with Crippen molar-refractivity contribution in [2.45, 2.75) is 37.5 Å². The summed E-state index contributed by atoms with van der Waals surface area (Å²) in [6.45, 7) is 3.33. The Morgan fingerprint density at radius 3 is 2.44 bits per heavy atom. The maximum absolute atomic E-state index is 14.1. The normalized spacial score (nSPS) is 14.4. The molecule has 3 N–H and O–H groups in total. The monoisotopic (exact) mass is 362 g/mol. The first kappa shape index (κ1) is 17.6. The molecule has 0 atom stereocenters. The van der Waals surface area contributed by atoms with Gasteiger partial charge in [-0.1, -0.05) is 6.07 Å². The number of rotatable bonds is 4. The van der Waals surface area contributed by atoms with E-state index < -0.39 is 15.9 Å².